The summed E-state index contributed by atoms with van der Waals surface area (Å²) in [6.45, 7) is 0. The molecule has 0 spiro atoms. The third kappa shape index (κ3) is 3.29. The topological polar surface area (TPSA) is 115 Å². The zero-order valence-corrected chi connectivity index (χ0v) is 11.5. The Morgan fingerprint density at radius 3 is 2.24 bits per heavy atom. The third-order valence-corrected chi connectivity index (χ3v) is 4.08. The lowest BCUT2D eigenvalue weighted by atomic mass is 10.2. The molecule has 0 bridgehead atoms. The molecule has 110 valence electrons. The molecule has 0 saturated heterocycles. The average molecular weight is 309 g/mol. The van der Waals surface area contributed by atoms with Crippen molar-refractivity contribution in [1.29, 1.82) is 0 Å². The predicted octanol–water partition coefficient (Wildman–Crippen LogP) is 1.31. The molecule has 6 nitrogen and oxygen atoms in total. The Bertz CT molecular complexity index is 789. The smallest absolute Gasteiger partial charge is 0.264 e. The van der Waals surface area contributed by atoms with Crippen molar-refractivity contribution in [3.05, 3.63) is 53.8 Å². The summed E-state index contributed by atoms with van der Waals surface area (Å²) < 4.78 is 40.0. The van der Waals surface area contributed by atoms with Crippen molar-refractivity contribution in [2.45, 2.75) is 4.90 Å². The van der Waals surface area contributed by atoms with Crippen molar-refractivity contribution in [3.63, 3.8) is 0 Å². The Labute approximate surface area is 120 Å². The molecule has 0 aliphatic carbocycles. The van der Waals surface area contributed by atoms with Crippen LogP contribution in [0.15, 0.2) is 47.4 Å². The van der Waals surface area contributed by atoms with Crippen LogP contribution in [0.1, 0.15) is 10.4 Å². The van der Waals surface area contributed by atoms with Crippen LogP contribution in [0.5, 0.6) is 0 Å². The zero-order valence-electron chi connectivity index (χ0n) is 10.7. The summed E-state index contributed by atoms with van der Waals surface area (Å²) in [5.74, 6) is -1.58. The molecule has 0 saturated carbocycles. The number of hydrogen-bond donors (Lipinski definition) is 3. The van der Waals surface area contributed by atoms with Gasteiger partial charge in [-0.15, -0.1) is 0 Å². The van der Waals surface area contributed by atoms with Crippen LogP contribution in [0.2, 0.25) is 0 Å². The second-order valence-electron chi connectivity index (χ2n) is 4.24. The summed E-state index contributed by atoms with van der Waals surface area (Å²) in [5, 5.41) is 0. The SMILES string of the molecule is NC(=O)c1ccc(NS(=O)(=O)c2ccc(N)cc2F)cc1. The van der Waals surface area contributed by atoms with Gasteiger partial charge in [0.25, 0.3) is 10.0 Å². The summed E-state index contributed by atoms with van der Waals surface area (Å²) in [7, 11) is -4.09. The van der Waals surface area contributed by atoms with Crippen molar-refractivity contribution in [2.75, 3.05) is 10.5 Å². The van der Waals surface area contributed by atoms with Gasteiger partial charge in [-0.3, -0.25) is 9.52 Å². The molecule has 0 unspecified atom stereocenters. The Morgan fingerprint density at radius 1 is 1.10 bits per heavy atom. The first-order valence-electron chi connectivity index (χ1n) is 5.77. The maximum absolute atomic E-state index is 13.7. The normalized spacial score (nSPS) is 11.1. The number of nitrogens with one attached hydrogen (secondary N) is 1. The predicted molar refractivity (Wildman–Crippen MR) is 76.6 cm³/mol. The molecule has 0 aliphatic heterocycles. The van der Waals surface area contributed by atoms with E-state index in [9.17, 15) is 17.6 Å². The minimum Gasteiger partial charge on any atom is -0.399 e. The second-order valence-corrected chi connectivity index (χ2v) is 5.89. The summed E-state index contributed by atoms with van der Waals surface area (Å²) in [6.07, 6.45) is 0. The first-order chi connectivity index (χ1) is 9.79. The lowest BCUT2D eigenvalue weighted by molar-refractivity contribution is 0.100. The highest BCUT2D eigenvalue weighted by Crippen LogP contribution is 2.20. The maximum atomic E-state index is 13.7. The van der Waals surface area contributed by atoms with Gasteiger partial charge in [-0.2, -0.15) is 0 Å². The largest absolute Gasteiger partial charge is 0.399 e. The number of amides is 1. The van der Waals surface area contributed by atoms with Crippen LogP contribution in [0.25, 0.3) is 0 Å². The molecule has 21 heavy (non-hydrogen) atoms. The van der Waals surface area contributed by atoms with E-state index in [1.165, 1.54) is 30.3 Å². The van der Waals surface area contributed by atoms with E-state index in [4.69, 9.17) is 11.5 Å². The van der Waals surface area contributed by atoms with Crippen LogP contribution in [-0.4, -0.2) is 14.3 Å². The second kappa shape index (κ2) is 5.41. The molecule has 0 aliphatic rings. The van der Waals surface area contributed by atoms with Gasteiger partial charge in [-0.1, -0.05) is 0 Å². The Kier molecular flexibility index (Phi) is 3.81. The average Bonchev–Trinajstić information content (AvgIpc) is 2.38. The minimum absolute atomic E-state index is 0.122. The van der Waals surface area contributed by atoms with Gasteiger partial charge >= 0.3 is 0 Å². The van der Waals surface area contributed by atoms with Crippen LogP contribution in [-0.2, 0) is 10.0 Å². The third-order valence-electron chi connectivity index (χ3n) is 2.67. The van der Waals surface area contributed by atoms with Crippen LogP contribution < -0.4 is 16.2 Å². The van der Waals surface area contributed by atoms with Crippen LogP contribution in [0.4, 0.5) is 15.8 Å². The van der Waals surface area contributed by atoms with Crippen LogP contribution >= 0.6 is 0 Å². The van der Waals surface area contributed by atoms with Gasteiger partial charge in [0.2, 0.25) is 5.91 Å². The standard InChI is InChI=1S/C13H12FN3O3S/c14-11-7-9(15)3-6-12(11)21(19,20)17-10-4-1-8(2-5-10)13(16)18/h1-7,17H,15H2,(H2,16,18). The van der Waals surface area contributed by atoms with Crippen molar-refractivity contribution in [2.24, 2.45) is 5.73 Å². The Morgan fingerprint density at radius 2 is 1.71 bits per heavy atom. The quantitative estimate of drug-likeness (QED) is 0.738. The van der Waals surface area contributed by atoms with Crippen LogP contribution in [0.3, 0.4) is 0 Å². The summed E-state index contributed by atoms with van der Waals surface area (Å²) in [5.41, 5.74) is 11.0. The zero-order chi connectivity index (χ0) is 15.6. The summed E-state index contributed by atoms with van der Waals surface area (Å²) in [6, 6.07) is 8.71. The first-order valence-corrected chi connectivity index (χ1v) is 7.25. The fraction of sp³-hybridized carbons (Fsp3) is 0. The number of carbonyl (C=O) groups excluding carboxylic acids is 1. The van der Waals surface area contributed by atoms with E-state index >= 15 is 0 Å². The molecule has 2 rings (SSSR count). The summed E-state index contributed by atoms with van der Waals surface area (Å²) in [4.78, 5) is 10.4. The molecule has 0 atom stereocenters. The van der Waals surface area contributed by atoms with Gasteiger partial charge in [0.1, 0.15) is 10.7 Å². The van der Waals surface area contributed by atoms with Gasteiger partial charge in [-0.05, 0) is 42.5 Å². The molecule has 0 radical (unpaired) electrons. The van der Waals surface area contributed by atoms with E-state index in [2.05, 4.69) is 4.72 Å². The number of rotatable bonds is 4. The van der Waals surface area contributed by atoms with Gasteiger partial charge in [0.15, 0.2) is 0 Å². The highest BCUT2D eigenvalue weighted by molar-refractivity contribution is 7.92. The lowest BCUT2D eigenvalue weighted by Gasteiger charge is -2.09. The van der Waals surface area contributed by atoms with Gasteiger partial charge < -0.3 is 11.5 Å². The van der Waals surface area contributed by atoms with E-state index in [-0.39, 0.29) is 16.9 Å². The fourth-order valence-electron chi connectivity index (χ4n) is 1.65. The molecule has 1 amide bonds. The highest BCUT2D eigenvalue weighted by atomic mass is 32.2. The van der Waals surface area contributed by atoms with Crippen molar-refractivity contribution >= 4 is 27.3 Å². The van der Waals surface area contributed by atoms with Crippen molar-refractivity contribution in [3.8, 4) is 0 Å². The number of primary amides is 1. The van der Waals surface area contributed by atoms with E-state index in [0.717, 1.165) is 12.1 Å². The molecule has 8 heteroatoms. The van der Waals surface area contributed by atoms with Crippen molar-refractivity contribution in [1.82, 2.24) is 0 Å². The number of carbonyl (C=O) groups is 1. The van der Waals surface area contributed by atoms with E-state index < -0.39 is 26.6 Å². The number of sulfonamides is 1. The van der Waals surface area contributed by atoms with Crippen LogP contribution in [0, 0.1) is 5.82 Å². The Hall–Kier alpha value is -2.61. The molecular formula is C13H12FN3O3S. The Balaban J connectivity index is 2.30. The number of anilines is 2. The van der Waals surface area contributed by atoms with E-state index in [1.807, 2.05) is 0 Å². The number of halogens is 1. The van der Waals surface area contributed by atoms with Gasteiger partial charge in [-0.25, -0.2) is 12.8 Å². The molecular weight excluding hydrogens is 297 g/mol. The number of nitrogens with two attached hydrogens (primary N) is 2. The monoisotopic (exact) mass is 309 g/mol. The molecule has 0 aromatic heterocycles. The number of hydrogen-bond acceptors (Lipinski definition) is 4. The molecule has 0 fully saturated rings. The number of benzene rings is 2. The lowest BCUT2D eigenvalue weighted by Crippen LogP contribution is -2.15. The molecule has 0 heterocycles. The fourth-order valence-corrected chi connectivity index (χ4v) is 2.77. The number of nitrogen functional groups attached to an aromatic ring is 1. The summed E-state index contributed by atoms with van der Waals surface area (Å²) >= 11 is 0. The van der Waals surface area contributed by atoms with E-state index in [0.29, 0.717) is 0 Å². The van der Waals surface area contributed by atoms with E-state index in [1.54, 1.807) is 0 Å². The maximum Gasteiger partial charge on any atom is 0.264 e. The molecule has 2 aromatic carbocycles. The van der Waals surface area contributed by atoms with Crippen molar-refractivity contribution < 1.29 is 17.6 Å². The highest BCUT2D eigenvalue weighted by Gasteiger charge is 2.19. The minimum atomic E-state index is -4.09. The molecule has 5 N–H and O–H groups in total. The van der Waals surface area contributed by atoms with Gasteiger partial charge in [0.05, 0.1) is 0 Å². The first kappa shape index (κ1) is 14.8. The van der Waals surface area contributed by atoms with Gasteiger partial charge in [0, 0.05) is 16.9 Å². The molecule has 2 aromatic rings.